The molecule has 1 fully saturated rings. The summed E-state index contributed by atoms with van der Waals surface area (Å²) in [5.41, 5.74) is 1.71. The molecule has 2 amide bonds. The highest BCUT2D eigenvalue weighted by Gasteiger charge is 2.26. The minimum atomic E-state index is -2.84. The topological polar surface area (TPSA) is 92.4 Å². The molecule has 0 saturated carbocycles. The molecule has 4 rings (SSSR count). The van der Waals surface area contributed by atoms with Crippen LogP contribution in [0.5, 0.6) is 0 Å². The maximum absolute atomic E-state index is 13.2. The summed E-state index contributed by atoms with van der Waals surface area (Å²) in [5.74, 6) is 0.132. The van der Waals surface area contributed by atoms with Crippen LogP contribution >= 0.6 is 0 Å². The van der Waals surface area contributed by atoms with Crippen LogP contribution in [0.25, 0.3) is 11.5 Å². The average Bonchev–Trinajstić information content (AvgIpc) is 3.29. The van der Waals surface area contributed by atoms with E-state index in [0.717, 1.165) is 0 Å². The lowest BCUT2D eigenvalue weighted by molar-refractivity contribution is 0.116. The second kappa shape index (κ2) is 9.29. The highest BCUT2D eigenvalue weighted by molar-refractivity contribution is 7.85. The summed E-state index contributed by atoms with van der Waals surface area (Å²) in [6, 6.07) is 12.3. The summed E-state index contributed by atoms with van der Waals surface area (Å²) >= 11 is 0. The Morgan fingerprint density at radius 1 is 1.13 bits per heavy atom. The second-order valence-electron chi connectivity index (χ2n) is 6.82. The van der Waals surface area contributed by atoms with Gasteiger partial charge in [-0.2, -0.15) is 8.78 Å². The van der Waals surface area contributed by atoms with Crippen molar-refractivity contribution in [3.8, 4) is 11.5 Å². The number of hydrogen-bond donors (Lipinski definition) is 0. The van der Waals surface area contributed by atoms with Gasteiger partial charge >= 0.3 is 12.5 Å². The average molecular weight is 447 g/mol. The van der Waals surface area contributed by atoms with Gasteiger partial charge in [0.05, 0.1) is 17.8 Å². The minimum absolute atomic E-state index is 0.0494. The lowest BCUT2D eigenvalue weighted by Gasteiger charge is -2.32. The summed E-state index contributed by atoms with van der Waals surface area (Å²) in [6.07, 6.45) is -1.40. The molecule has 0 spiro atoms. The van der Waals surface area contributed by atoms with Crippen LogP contribution in [0.15, 0.2) is 53.1 Å². The number of hydrogen-bond acceptors (Lipinski definition) is 6. The molecule has 162 valence electrons. The number of amides is 2. The maximum atomic E-state index is 13.2. The number of alkyl halides is 2. The molecule has 1 aliphatic rings. The van der Waals surface area contributed by atoms with Crippen LogP contribution in [0.3, 0.4) is 0 Å². The summed E-state index contributed by atoms with van der Waals surface area (Å²) < 4.78 is 41.9. The van der Waals surface area contributed by atoms with Gasteiger partial charge in [-0.05, 0) is 24.3 Å². The predicted molar refractivity (Wildman–Crippen MR) is 110 cm³/mol. The van der Waals surface area contributed by atoms with Crippen molar-refractivity contribution in [3.63, 3.8) is 0 Å². The molecule has 0 radical (unpaired) electrons. The predicted octanol–water partition coefficient (Wildman–Crippen LogP) is 3.26. The van der Waals surface area contributed by atoms with Crippen molar-refractivity contribution in [3.05, 3.63) is 60.2 Å². The fraction of sp³-hybridized carbons (Fsp3) is 0.300. The Balaban J connectivity index is 1.54. The molecule has 0 aliphatic carbocycles. The number of urea groups is 1. The van der Waals surface area contributed by atoms with Crippen molar-refractivity contribution in [1.82, 2.24) is 20.1 Å². The third kappa shape index (κ3) is 4.93. The van der Waals surface area contributed by atoms with E-state index in [1.165, 1.54) is 6.20 Å². The molecule has 8 nitrogen and oxygen atoms in total. The Kier molecular flexibility index (Phi) is 6.31. The fourth-order valence-corrected chi connectivity index (χ4v) is 4.18. The van der Waals surface area contributed by atoms with E-state index in [1.54, 1.807) is 21.9 Å². The number of halogens is 2. The Bertz CT molecular complexity index is 1050. The highest BCUT2D eigenvalue weighted by Crippen LogP contribution is 2.24. The summed E-state index contributed by atoms with van der Waals surface area (Å²) in [5, 5.41) is 6.92. The first-order valence-electron chi connectivity index (χ1n) is 9.54. The van der Waals surface area contributed by atoms with Crippen LogP contribution in [0.4, 0.5) is 19.3 Å². The first-order chi connectivity index (χ1) is 15.0. The molecule has 11 heteroatoms. The van der Waals surface area contributed by atoms with Crippen molar-refractivity contribution in [2.45, 2.75) is 13.0 Å². The number of rotatable bonds is 5. The Hall–Kier alpha value is -3.21. The van der Waals surface area contributed by atoms with Crippen LogP contribution in [-0.2, 0) is 17.3 Å². The molecule has 0 atom stereocenters. The van der Waals surface area contributed by atoms with E-state index in [9.17, 15) is 17.8 Å². The van der Waals surface area contributed by atoms with Crippen molar-refractivity contribution in [1.29, 1.82) is 0 Å². The maximum Gasteiger partial charge on any atom is 0.324 e. The quantitative estimate of drug-likeness (QED) is 0.596. The monoisotopic (exact) mass is 447 g/mol. The third-order valence-corrected chi connectivity index (χ3v) is 6.04. The van der Waals surface area contributed by atoms with Gasteiger partial charge in [-0.3, -0.25) is 14.1 Å². The summed E-state index contributed by atoms with van der Waals surface area (Å²) in [7, 11) is -0.887. The van der Waals surface area contributed by atoms with Gasteiger partial charge in [0.25, 0.3) is 5.89 Å². The van der Waals surface area contributed by atoms with E-state index in [1.807, 2.05) is 30.3 Å². The molecule has 0 unspecified atom stereocenters. The summed E-state index contributed by atoms with van der Waals surface area (Å²) in [6.45, 7) is 1.07. The number of nitrogens with zero attached hydrogens (tertiary/aromatic N) is 5. The van der Waals surface area contributed by atoms with Crippen molar-refractivity contribution >= 4 is 22.5 Å². The number of pyridine rings is 1. The standard InChI is InChI=1S/C20H19F2N5O3S/c21-17(22)19-25-24-18(30-19)14-6-7-15(23-12-14)13-27(16-4-2-1-3-5-16)20(28)26-8-10-31(29)11-9-26/h1-7,12,17H,8-11,13H2. The number of aromatic nitrogens is 3. The van der Waals surface area contributed by atoms with E-state index in [-0.39, 0.29) is 18.5 Å². The lowest BCUT2D eigenvalue weighted by atomic mass is 10.2. The fourth-order valence-electron chi connectivity index (χ4n) is 3.12. The molecular weight excluding hydrogens is 428 g/mol. The van der Waals surface area contributed by atoms with Gasteiger partial charge < -0.3 is 9.32 Å². The molecule has 1 aromatic carbocycles. The molecule has 1 saturated heterocycles. The SMILES string of the molecule is O=C(N1CCS(=O)CC1)N(Cc1ccc(-c2nnc(C(F)F)o2)cn1)c1ccccc1. The van der Waals surface area contributed by atoms with E-state index in [4.69, 9.17) is 4.42 Å². The second-order valence-corrected chi connectivity index (χ2v) is 8.52. The lowest BCUT2D eigenvalue weighted by Crippen LogP contribution is -2.48. The van der Waals surface area contributed by atoms with Gasteiger partial charge in [0.1, 0.15) is 0 Å². The van der Waals surface area contributed by atoms with E-state index in [0.29, 0.717) is 41.5 Å². The molecule has 3 heterocycles. The minimum Gasteiger partial charge on any atom is -0.415 e. The summed E-state index contributed by atoms with van der Waals surface area (Å²) in [4.78, 5) is 20.8. The van der Waals surface area contributed by atoms with Crippen LogP contribution in [0, 0.1) is 0 Å². The van der Waals surface area contributed by atoms with Crippen LogP contribution in [0.2, 0.25) is 0 Å². The zero-order chi connectivity index (χ0) is 21.8. The normalized spacial score (nSPS) is 14.7. The molecule has 31 heavy (non-hydrogen) atoms. The zero-order valence-electron chi connectivity index (χ0n) is 16.4. The Labute approximate surface area is 179 Å². The van der Waals surface area contributed by atoms with Gasteiger partial charge in [-0.25, -0.2) is 4.79 Å². The first-order valence-corrected chi connectivity index (χ1v) is 11.0. The smallest absolute Gasteiger partial charge is 0.324 e. The van der Waals surface area contributed by atoms with Gasteiger partial charge in [0.2, 0.25) is 5.89 Å². The van der Waals surface area contributed by atoms with E-state index < -0.39 is 23.1 Å². The molecule has 3 aromatic rings. The van der Waals surface area contributed by atoms with Crippen LogP contribution in [-0.4, -0.2) is 54.9 Å². The van der Waals surface area contributed by atoms with Crippen molar-refractivity contribution < 1.29 is 22.2 Å². The Morgan fingerprint density at radius 3 is 2.48 bits per heavy atom. The Morgan fingerprint density at radius 2 is 1.87 bits per heavy atom. The largest absolute Gasteiger partial charge is 0.415 e. The first kappa shape index (κ1) is 21.0. The van der Waals surface area contributed by atoms with Crippen LogP contribution < -0.4 is 4.90 Å². The zero-order valence-corrected chi connectivity index (χ0v) is 17.2. The number of para-hydroxylation sites is 1. The van der Waals surface area contributed by atoms with Crippen LogP contribution in [0.1, 0.15) is 18.0 Å². The van der Waals surface area contributed by atoms with E-state index in [2.05, 4.69) is 15.2 Å². The number of carbonyl (C=O) groups is 1. The van der Waals surface area contributed by atoms with Crippen molar-refractivity contribution in [2.75, 3.05) is 29.5 Å². The van der Waals surface area contributed by atoms with Gasteiger partial charge in [-0.1, -0.05) is 18.2 Å². The molecule has 0 N–H and O–H groups in total. The molecule has 1 aliphatic heterocycles. The van der Waals surface area contributed by atoms with Gasteiger partial charge in [0.15, 0.2) is 0 Å². The van der Waals surface area contributed by atoms with Gasteiger partial charge in [-0.15, -0.1) is 10.2 Å². The molecule has 2 aromatic heterocycles. The van der Waals surface area contributed by atoms with Gasteiger partial charge in [0, 0.05) is 47.3 Å². The molecular formula is C20H19F2N5O3S. The third-order valence-electron chi connectivity index (χ3n) is 4.77. The number of anilines is 1. The molecule has 0 bridgehead atoms. The number of benzene rings is 1. The van der Waals surface area contributed by atoms with E-state index >= 15 is 0 Å². The van der Waals surface area contributed by atoms with Crippen molar-refractivity contribution in [2.24, 2.45) is 0 Å². The highest BCUT2D eigenvalue weighted by atomic mass is 32.2. The number of carbonyl (C=O) groups excluding carboxylic acids is 1.